The van der Waals surface area contributed by atoms with Gasteiger partial charge in [0.25, 0.3) is 0 Å². The smallest absolute Gasteiger partial charge is 0.243 e. The van der Waals surface area contributed by atoms with Gasteiger partial charge in [0, 0.05) is 19.6 Å². The molecular weight excluding hydrogens is 248 g/mol. The second kappa shape index (κ2) is 4.99. The van der Waals surface area contributed by atoms with Gasteiger partial charge in [0.1, 0.15) is 0 Å². The molecule has 0 aliphatic heterocycles. The molecule has 0 spiro atoms. The van der Waals surface area contributed by atoms with E-state index in [1.807, 2.05) is 26.1 Å². The van der Waals surface area contributed by atoms with E-state index in [0.29, 0.717) is 11.4 Å². The molecule has 0 saturated heterocycles. The number of nitrogens with zero attached hydrogens (tertiary/aromatic N) is 1. The molecule has 0 heterocycles. The Balaban J connectivity index is 2.40. The first kappa shape index (κ1) is 13.5. The highest BCUT2D eigenvalue weighted by Crippen LogP contribution is 2.31. The van der Waals surface area contributed by atoms with Crippen molar-refractivity contribution < 1.29 is 8.42 Å². The fraction of sp³-hybridized carbons (Fsp3) is 0.538. The van der Waals surface area contributed by atoms with Gasteiger partial charge >= 0.3 is 0 Å². The van der Waals surface area contributed by atoms with Crippen LogP contribution >= 0.6 is 0 Å². The summed E-state index contributed by atoms with van der Waals surface area (Å²) in [6, 6.07) is 5.67. The molecule has 18 heavy (non-hydrogen) atoms. The summed E-state index contributed by atoms with van der Waals surface area (Å²) in [5, 5.41) is 3.06. The molecule has 4 nitrogen and oxygen atoms in total. The van der Waals surface area contributed by atoms with Crippen molar-refractivity contribution in [2.75, 3.05) is 14.1 Å². The molecule has 0 atom stereocenters. The van der Waals surface area contributed by atoms with Gasteiger partial charge in [-0.1, -0.05) is 12.1 Å². The molecular formula is C13H20N2O2S. The summed E-state index contributed by atoms with van der Waals surface area (Å²) >= 11 is 0. The monoisotopic (exact) mass is 268 g/mol. The minimum absolute atomic E-state index is 0.197. The van der Waals surface area contributed by atoms with Crippen LogP contribution in [0.15, 0.2) is 23.1 Å². The number of sulfonamides is 1. The van der Waals surface area contributed by atoms with Gasteiger partial charge in [-0.05, 0) is 44.0 Å². The van der Waals surface area contributed by atoms with Gasteiger partial charge in [-0.15, -0.1) is 0 Å². The average molecular weight is 268 g/mol. The molecule has 1 aliphatic carbocycles. The highest BCUT2D eigenvalue weighted by Gasteiger charge is 2.35. The Morgan fingerprint density at radius 1 is 1.39 bits per heavy atom. The third kappa shape index (κ3) is 2.43. The van der Waals surface area contributed by atoms with Crippen LogP contribution in [-0.2, 0) is 16.6 Å². The van der Waals surface area contributed by atoms with Crippen molar-refractivity contribution >= 4 is 10.0 Å². The van der Waals surface area contributed by atoms with Crippen LogP contribution in [0.25, 0.3) is 0 Å². The first-order valence-corrected chi connectivity index (χ1v) is 7.63. The van der Waals surface area contributed by atoms with E-state index in [9.17, 15) is 8.42 Å². The molecule has 2 rings (SSSR count). The van der Waals surface area contributed by atoms with Crippen LogP contribution in [0.3, 0.4) is 0 Å². The number of nitrogens with one attached hydrogen (secondary N) is 1. The Bertz CT molecular complexity index is 536. The van der Waals surface area contributed by atoms with Crippen molar-refractivity contribution in [3.8, 4) is 0 Å². The third-order valence-corrected chi connectivity index (χ3v) is 5.54. The zero-order chi connectivity index (χ0) is 13.3. The van der Waals surface area contributed by atoms with Crippen molar-refractivity contribution in [3.05, 3.63) is 29.3 Å². The molecule has 5 heteroatoms. The van der Waals surface area contributed by atoms with Gasteiger partial charge in [-0.2, -0.15) is 4.31 Å². The second-order valence-corrected chi connectivity index (χ2v) is 6.79. The summed E-state index contributed by atoms with van der Waals surface area (Å²) in [4.78, 5) is 0.435. The molecule has 0 aromatic heterocycles. The van der Waals surface area contributed by atoms with Gasteiger partial charge in [-0.3, -0.25) is 0 Å². The maximum atomic E-state index is 12.5. The number of rotatable bonds is 5. The van der Waals surface area contributed by atoms with Crippen LogP contribution in [0.5, 0.6) is 0 Å². The van der Waals surface area contributed by atoms with E-state index in [1.54, 1.807) is 13.1 Å². The summed E-state index contributed by atoms with van der Waals surface area (Å²) in [6.45, 7) is 2.56. The van der Waals surface area contributed by atoms with Crippen molar-refractivity contribution in [3.63, 3.8) is 0 Å². The number of benzene rings is 1. The maximum absolute atomic E-state index is 12.5. The Morgan fingerprint density at radius 2 is 2.06 bits per heavy atom. The lowest BCUT2D eigenvalue weighted by Crippen LogP contribution is -2.29. The highest BCUT2D eigenvalue weighted by atomic mass is 32.2. The molecule has 0 bridgehead atoms. The lowest BCUT2D eigenvalue weighted by molar-refractivity contribution is 0.463. The Labute approximate surface area is 109 Å². The predicted octanol–water partition coefficient (Wildman–Crippen LogP) is 1.50. The minimum Gasteiger partial charge on any atom is -0.316 e. The maximum Gasteiger partial charge on any atom is 0.243 e. The van der Waals surface area contributed by atoms with Crippen LogP contribution in [0.4, 0.5) is 0 Å². The average Bonchev–Trinajstić information content (AvgIpc) is 3.15. The van der Waals surface area contributed by atoms with Gasteiger partial charge in [0.2, 0.25) is 10.0 Å². The van der Waals surface area contributed by atoms with E-state index in [0.717, 1.165) is 24.0 Å². The molecule has 1 aliphatic rings. The number of hydrogen-bond acceptors (Lipinski definition) is 3. The molecule has 1 saturated carbocycles. The van der Waals surface area contributed by atoms with Crippen molar-refractivity contribution in [1.82, 2.24) is 9.62 Å². The Morgan fingerprint density at radius 3 is 2.61 bits per heavy atom. The van der Waals surface area contributed by atoms with Crippen LogP contribution in [0, 0.1) is 6.92 Å². The van der Waals surface area contributed by atoms with Crippen LogP contribution < -0.4 is 5.32 Å². The topological polar surface area (TPSA) is 49.4 Å². The molecule has 1 fully saturated rings. The molecule has 0 unspecified atom stereocenters. The summed E-state index contributed by atoms with van der Waals surface area (Å²) in [6.07, 6.45) is 1.95. The normalized spacial score (nSPS) is 16.2. The van der Waals surface area contributed by atoms with E-state index >= 15 is 0 Å². The summed E-state index contributed by atoms with van der Waals surface area (Å²) in [5.41, 5.74) is 1.88. The quantitative estimate of drug-likeness (QED) is 0.880. The van der Waals surface area contributed by atoms with Crippen LogP contribution in [0.1, 0.15) is 24.0 Å². The molecule has 0 radical (unpaired) electrons. The van der Waals surface area contributed by atoms with Crippen LogP contribution in [0.2, 0.25) is 0 Å². The largest absolute Gasteiger partial charge is 0.316 e. The fourth-order valence-corrected chi connectivity index (χ4v) is 3.79. The van der Waals surface area contributed by atoms with Gasteiger partial charge in [-0.25, -0.2) is 8.42 Å². The molecule has 1 aromatic rings. The van der Waals surface area contributed by atoms with Crippen molar-refractivity contribution in [2.45, 2.75) is 37.2 Å². The van der Waals surface area contributed by atoms with Crippen molar-refractivity contribution in [1.29, 1.82) is 0 Å². The van der Waals surface area contributed by atoms with E-state index in [-0.39, 0.29) is 6.04 Å². The number of hydrogen-bond donors (Lipinski definition) is 1. The van der Waals surface area contributed by atoms with Gasteiger partial charge in [0.05, 0.1) is 4.90 Å². The Hall–Kier alpha value is -0.910. The summed E-state index contributed by atoms with van der Waals surface area (Å²) in [7, 11) is 0.194. The molecule has 100 valence electrons. The molecule has 1 aromatic carbocycles. The van der Waals surface area contributed by atoms with E-state index in [1.165, 1.54) is 4.31 Å². The van der Waals surface area contributed by atoms with E-state index < -0.39 is 10.0 Å². The first-order chi connectivity index (χ1) is 8.48. The van der Waals surface area contributed by atoms with Gasteiger partial charge in [0.15, 0.2) is 0 Å². The summed E-state index contributed by atoms with van der Waals surface area (Å²) < 4.78 is 26.5. The fourth-order valence-electron chi connectivity index (χ4n) is 2.11. The highest BCUT2D eigenvalue weighted by molar-refractivity contribution is 7.89. The zero-order valence-corrected chi connectivity index (χ0v) is 11.9. The van der Waals surface area contributed by atoms with Gasteiger partial charge < -0.3 is 5.32 Å². The lowest BCUT2D eigenvalue weighted by Gasteiger charge is -2.19. The van der Waals surface area contributed by atoms with E-state index in [4.69, 9.17) is 0 Å². The third-order valence-electron chi connectivity index (χ3n) is 3.48. The summed E-state index contributed by atoms with van der Waals surface area (Å²) in [5.74, 6) is 0. The minimum atomic E-state index is -3.34. The predicted molar refractivity (Wildman–Crippen MR) is 71.9 cm³/mol. The first-order valence-electron chi connectivity index (χ1n) is 6.19. The SMILES string of the molecule is CNCc1cccc(S(=O)(=O)N(C)C2CC2)c1C. The lowest BCUT2D eigenvalue weighted by atomic mass is 10.1. The standard InChI is InChI=1S/C13H20N2O2S/c1-10-11(9-14-2)5-4-6-13(10)18(16,17)15(3)12-7-8-12/h4-6,12,14H,7-9H2,1-3H3. The second-order valence-electron chi connectivity index (χ2n) is 4.82. The van der Waals surface area contributed by atoms with Crippen molar-refractivity contribution in [2.24, 2.45) is 0 Å². The van der Waals surface area contributed by atoms with E-state index in [2.05, 4.69) is 5.32 Å². The Kier molecular flexibility index (Phi) is 3.75. The zero-order valence-electron chi connectivity index (χ0n) is 11.1. The molecule has 0 amide bonds. The van der Waals surface area contributed by atoms with Crippen LogP contribution in [-0.4, -0.2) is 32.9 Å². The molecule has 1 N–H and O–H groups in total.